The topological polar surface area (TPSA) is 43.4 Å². The van der Waals surface area contributed by atoms with Crippen LogP contribution in [0, 0.1) is 0 Å². The monoisotopic (exact) mass is 318 g/mol. The molecule has 0 heterocycles. The van der Waals surface area contributed by atoms with Gasteiger partial charge in [0.1, 0.15) is 5.78 Å². The number of benzene rings is 1. The van der Waals surface area contributed by atoms with E-state index < -0.39 is 10.8 Å². The Bertz CT molecular complexity index is 445. The average molecular weight is 320 g/mol. The third-order valence-corrected chi connectivity index (χ3v) is 3.72. The maximum Gasteiger partial charge on any atom is 0.337 e. The highest BCUT2D eigenvalue weighted by atomic mass is 79.9. The van der Waals surface area contributed by atoms with Crippen LogP contribution in [0.2, 0.25) is 0 Å². The van der Waals surface area contributed by atoms with Crippen LogP contribution in [0.3, 0.4) is 0 Å². The van der Waals surface area contributed by atoms with E-state index in [9.17, 15) is 9.59 Å². The summed E-state index contributed by atoms with van der Waals surface area (Å²) in [6, 6.07) is 5.07. The van der Waals surface area contributed by atoms with Gasteiger partial charge in [-0.15, -0.1) is 11.6 Å². The fraction of sp³-hybridized carbons (Fsp3) is 0.333. The van der Waals surface area contributed by atoms with Crippen LogP contribution in [0.4, 0.5) is 0 Å². The Morgan fingerprint density at radius 1 is 1.41 bits per heavy atom. The zero-order valence-electron chi connectivity index (χ0n) is 9.50. The fourth-order valence-electron chi connectivity index (χ4n) is 1.41. The van der Waals surface area contributed by atoms with Crippen LogP contribution >= 0.6 is 27.5 Å². The van der Waals surface area contributed by atoms with Crippen molar-refractivity contribution in [3.63, 3.8) is 0 Å². The van der Waals surface area contributed by atoms with Gasteiger partial charge in [0.25, 0.3) is 0 Å². The van der Waals surface area contributed by atoms with Crippen molar-refractivity contribution in [3.05, 3.63) is 34.9 Å². The van der Waals surface area contributed by atoms with Gasteiger partial charge in [0, 0.05) is 5.88 Å². The van der Waals surface area contributed by atoms with Crippen LogP contribution in [-0.2, 0) is 15.4 Å². The maximum atomic E-state index is 11.5. The molecule has 3 nitrogen and oxygen atoms in total. The molecule has 0 amide bonds. The zero-order valence-corrected chi connectivity index (χ0v) is 11.8. The van der Waals surface area contributed by atoms with Crippen LogP contribution in [0.25, 0.3) is 0 Å². The normalized spacial score (nSPS) is 12.0. The van der Waals surface area contributed by atoms with Gasteiger partial charge in [-0.1, -0.05) is 22.0 Å². The van der Waals surface area contributed by atoms with E-state index in [0.29, 0.717) is 11.1 Å². The first-order valence-electron chi connectivity index (χ1n) is 4.92. The number of halogens is 2. The van der Waals surface area contributed by atoms with Crippen molar-refractivity contribution in [2.75, 3.05) is 7.11 Å². The Balaban J connectivity index is 3.22. The van der Waals surface area contributed by atoms with E-state index in [-0.39, 0.29) is 11.7 Å². The molecule has 0 radical (unpaired) electrons. The predicted octanol–water partition coefficient (Wildman–Crippen LogP) is 3.24. The van der Waals surface area contributed by atoms with Crippen molar-refractivity contribution in [3.8, 4) is 0 Å². The van der Waals surface area contributed by atoms with E-state index >= 15 is 0 Å². The summed E-state index contributed by atoms with van der Waals surface area (Å²) in [5.74, 6) is -0.204. The van der Waals surface area contributed by atoms with Crippen molar-refractivity contribution in [1.29, 1.82) is 0 Å². The smallest absolute Gasteiger partial charge is 0.337 e. The lowest BCUT2D eigenvalue weighted by Gasteiger charge is -2.10. The van der Waals surface area contributed by atoms with Crippen LogP contribution in [0.15, 0.2) is 18.2 Å². The van der Waals surface area contributed by atoms with Crippen LogP contribution in [0.1, 0.15) is 33.2 Å². The van der Waals surface area contributed by atoms with Gasteiger partial charge < -0.3 is 4.74 Å². The number of esters is 1. The number of carbonyl (C=O) groups excluding carboxylic acids is 2. The molecule has 1 aromatic carbocycles. The Morgan fingerprint density at radius 3 is 2.53 bits per heavy atom. The average Bonchev–Trinajstić information content (AvgIpc) is 2.35. The quantitative estimate of drug-likeness (QED) is 0.632. The molecule has 1 rings (SSSR count). The van der Waals surface area contributed by atoms with Gasteiger partial charge in [-0.05, 0) is 30.2 Å². The van der Waals surface area contributed by atoms with Crippen molar-refractivity contribution >= 4 is 39.3 Å². The molecule has 0 fully saturated rings. The minimum Gasteiger partial charge on any atom is -0.465 e. The number of carbonyl (C=O) groups is 2. The van der Waals surface area contributed by atoms with Crippen LogP contribution in [-0.4, -0.2) is 18.9 Å². The maximum absolute atomic E-state index is 11.5. The van der Waals surface area contributed by atoms with Crippen LogP contribution in [0.5, 0.6) is 0 Å². The number of alkyl halides is 2. The number of Topliss-reactive ketones (excluding diaryl/α,β-unsaturated/α-hetero) is 1. The summed E-state index contributed by atoms with van der Waals surface area (Å²) >= 11 is 9.02. The summed E-state index contributed by atoms with van der Waals surface area (Å²) in [5, 5.41) is 0. The van der Waals surface area contributed by atoms with Gasteiger partial charge in [-0.3, -0.25) is 4.79 Å². The molecule has 0 aliphatic rings. The van der Waals surface area contributed by atoms with E-state index in [2.05, 4.69) is 20.7 Å². The largest absolute Gasteiger partial charge is 0.465 e. The number of hydrogen-bond donors (Lipinski definition) is 0. The first kappa shape index (κ1) is 14.2. The molecule has 1 atom stereocenters. The molecule has 0 bridgehead atoms. The lowest BCUT2D eigenvalue weighted by Crippen LogP contribution is -2.06. The van der Waals surface area contributed by atoms with E-state index in [0.717, 1.165) is 5.56 Å². The van der Waals surface area contributed by atoms with E-state index in [4.69, 9.17) is 11.6 Å². The summed E-state index contributed by atoms with van der Waals surface area (Å²) in [7, 11) is 1.31. The molecule has 0 aliphatic carbocycles. The molecule has 5 heteroatoms. The highest BCUT2D eigenvalue weighted by Crippen LogP contribution is 2.26. The van der Waals surface area contributed by atoms with Gasteiger partial charge in [0.15, 0.2) is 0 Å². The third kappa shape index (κ3) is 3.54. The second-order valence-corrected chi connectivity index (χ2v) is 4.74. The summed E-state index contributed by atoms with van der Waals surface area (Å²) in [6.45, 7) is 1.48. The van der Waals surface area contributed by atoms with Crippen molar-refractivity contribution in [2.45, 2.75) is 17.6 Å². The van der Waals surface area contributed by atoms with Gasteiger partial charge in [0.2, 0.25) is 0 Å². The summed E-state index contributed by atoms with van der Waals surface area (Å²) in [6.07, 6.45) is 0. The van der Waals surface area contributed by atoms with Crippen molar-refractivity contribution in [1.82, 2.24) is 0 Å². The standard InChI is InChI=1S/C12H12BrClO3/c1-7(15)11(13)9-3-8(6-14)4-10(5-9)12(16)17-2/h3-5,11H,6H2,1-2H3. The molecular weight excluding hydrogens is 307 g/mol. The SMILES string of the molecule is COC(=O)c1cc(CCl)cc(C(Br)C(C)=O)c1. The van der Waals surface area contributed by atoms with E-state index in [1.165, 1.54) is 14.0 Å². The van der Waals surface area contributed by atoms with E-state index in [1.54, 1.807) is 18.2 Å². The molecule has 0 saturated heterocycles. The Kier molecular flexibility index (Phi) is 5.15. The minimum absolute atomic E-state index is 0.0347. The highest BCUT2D eigenvalue weighted by molar-refractivity contribution is 9.09. The lowest BCUT2D eigenvalue weighted by atomic mass is 10.0. The molecular formula is C12H12BrClO3. The lowest BCUT2D eigenvalue weighted by molar-refractivity contribution is -0.116. The van der Waals surface area contributed by atoms with E-state index in [1.807, 2.05) is 0 Å². The molecule has 0 aromatic heterocycles. The zero-order chi connectivity index (χ0) is 13.0. The van der Waals surface area contributed by atoms with Crippen molar-refractivity contribution < 1.29 is 14.3 Å². The van der Waals surface area contributed by atoms with Gasteiger partial charge in [0.05, 0.1) is 17.5 Å². The number of rotatable bonds is 4. The molecule has 1 unspecified atom stereocenters. The second kappa shape index (κ2) is 6.17. The number of hydrogen-bond acceptors (Lipinski definition) is 3. The first-order valence-corrected chi connectivity index (χ1v) is 6.37. The van der Waals surface area contributed by atoms with Gasteiger partial charge >= 0.3 is 5.97 Å². The second-order valence-electron chi connectivity index (χ2n) is 3.56. The van der Waals surface area contributed by atoms with Gasteiger partial charge in [-0.2, -0.15) is 0 Å². The van der Waals surface area contributed by atoms with Crippen molar-refractivity contribution in [2.24, 2.45) is 0 Å². The Hall–Kier alpha value is -0.870. The van der Waals surface area contributed by atoms with Crippen LogP contribution < -0.4 is 0 Å². The summed E-state index contributed by atoms with van der Waals surface area (Å²) in [5.41, 5.74) is 1.87. The first-order chi connectivity index (χ1) is 7.99. The Labute approximate surface area is 113 Å². The molecule has 0 saturated carbocycles. The molecule has 1 aromatic rings. The minimum atomic E-state index is -0.443. The molecule has 92 valence electrons. The number of ether oxygens (including phenoxy) is 1. The molecule has 17 heavy (non-hydrogen) atoms. The fourth-order valence-corrected chi connectivity index (χ4v) is 1.83. The number of ketones is 1. The number of methoxy groups -OCH3 is 1. The van der Waals surface area contributed by atoms with Gasteiger partial charge in [-0.25, -0.2) is 4.79 Å². The highest BCUT2D eigenvalue weighted by Gasteiger charge is 2.16. The summed E-state index contributed by atoms with van der Waals surface area (Å²) in [4.78, 5) is 22.3. The predicted molar refractivity (Wildman–Crippen MR) is 69.7 cm³/mol. The molecule has 0 aliphatic heterocycles. The molecule has 0 N–H and O–H groups in total. The molecule has 0 spiro atoms. The summed E-state index contributed by atoms with van der Waals surface area (Å²) < 4.78 is 4.65. The third-order valence-electron chi connectivity index (χ3n) is 2.24. The Morgan fingerprint density at radius 2 is 2.06 bits per heavy atom.